The van der Waals surface area contributed by atoms with Crippen molar-refractivity contribution in [2.45, 2.75) is 24.1 Å². The smallest absolute Gasteiger partial charge is 0.250 e. The van der Waals surface area contributed by atoms with Gasteiger partial charge in [-0.1, -0.05) is 0 Å². The fourth-order valence-corrected chi connectivity index (χ4v) is 4.11. The standard InChI is InChI=1S/C12H17N3O3S2/c1-10-8-13-15(9-10)6-5-14-20(17,18)12-3-2-11(19-12)4-7-16/h2-3,8-9,14,16H,4-7H2,1H3. The molecule has 6 nitrogen and oxygen atoms in total. The zero-order valence-electron chi connectivity index (χ0n) is 11.1. The van der Waals surface area contributed by atoms with E-state index in [0.29, 0.717) is 13.0 Å². The van der Waals surface area contributed by atoms with Crippen LogP contribution < -0.4 is 4.72 Å². The number of nitrogens with zero attached hydrogens (tertiary/aromatic N) is 2. The lowest BCUT2D eigenvalue weighted by Gasteiger charge is -2.04. The second-order valence-electron chi connectivity index (χ2n) is 4.37. The highest BCUT2D eigenvalue weighted by atomic mass is 32.2. The highest BCUT2D eigenvalue weighted by molar-refractivity contribution is 7.91. The van der Waals surface area contributed by atoms with Gasteiger partial charge in [-0.3, -0.25) is 4.68 Å². The van der Waals surface area contributed by atoms with Gasteiger partial charge in [-0.2, -0.15) is 5.10 Å². The molecule has 8 heteroatoms. The average Bonchev–Trinajstić information content (AvgIpc) is 2.99. The molecule has 110 valence electrons. The lowest BCUT2D eigenvalue weighted by molar-refractivity contribution is 0.300. The monoisotopic (exact) mass is 315 g/mol. The molecule has 0 saturated heterocycles. The molecule has 20 heavy (non-hydrogen) atoms. The first-order valence-corrected chi connectivity index (χ1v) is 8.49. The van der Waals surface area contributed by atoms with E-state index in [9.17, 15) is 8.42 Å². The Morgan fingerprint density at radius 2 is 2.25 bits per heavy atom. The van der Waals surface area contributed by atoms with Crippen LogP contribution in [-0.2, 0) is 23.0 Å². The molecule has 2 heterocycles. The molecule has 0 bridgehead atoms. The number of hydrogen-bond donors (Lipinski definition) is 2. The van der Waals surface area contributed by atoms with E-state index in [4.69, 9.17) is 5.11 Å². The van der Waals surface area contributed by atoms with Crippen LogP contribution in [0.2, 0.25) is 0 Å². The summed E-state index contributed by atoms with van der Waals surface area (Å²) in [6.07, 6.45) is 4.07. The van der Waals surface area contributed by atoms with Crippen LogP contribution in [0, 0.1) is 6.92 Å². The quantitative estimate of drug-likeness (QED) is 0.790. The highest BCUT2D eigenvalue weighted by Gasteiger charge is 2.16. The van der Waals surface area contributed by atoms with Gasteiger partial charge in [0.2, 0.25) is 10.0 Å². The van der Waals surface area contributed by atoms with Crippen LogP contribution in [-0.4, -0.2) is 36.5 Å². The van der Waals surface area contributed by atoms with Gasteiger partial charge in [-0.25, -0.2) is 13.1 Å². The zero-order chi connectivity index (χ0) is 14.6. The largest absolute Gasteiger partial charge is 0.396 e. The summed E-state index contributed by atoms with van der Waals surface area (Å²) in [5.74, 6) is 0. The molecular formula is C12H17N3O3S2. The number of sulfonamides is 1. The Bertz CT molecular complexity index is 661. The predicted octanol–water partition coefficient (Wildman–Crippen LogP) is 0.766. The van der Waals surface area contributed by atoms with E-state index in [0.717, 1.165) is 10.4 Å². The average molecular weight is 315 g/mol. The lowest BCUT2D eigenvalue weighted by Crippen LogP contribution is -2.26. The third-order valence-corrected chi connectivity index (χ3v) is 5.75. The maximum absolute atomic E-state index is 12.1. The van der Waals surface area contributed by atoms with Gasteiger partial charge in [0, 0.05) is 30.6 Å². The summed E-state index contributed by atoms with van der Waals surface area (Å²) in [5, 5.41) is 12.9. The number of aryl methyl sites for hydroxylation is 1. The van der Waals surface area contributed by atoms with Crippen molar-refractivity contribution < 1.29 is 13.5 Å². The van der Waals surface area contributed by atoms with Crippen molar-refractivity contribution in [2.75, 3.05) is 13.2 Å². The number of thiophene rings is 1. The second kappa shape index (κ2) is 6.49. The predicted molar refractivity (Wildman–Crippen MR) is 77.3 cm³/mol. The Kier molecular flexibility index (Phi) is 4.92. The van der Waals surface area contributed by atoms with Crippen molar-refractivity contribution in [2.24, 2.45) is 0 Å². The summed E-state index contributed by atoms with van der Waals surface area (Å²) in [6, 6.07) is 3.29. The fraction of sp³-hybridized carbons (Fsp3) is 0.417. The minimum absolute atomic E-state index is 0.0199. The summed E-state index contributed by atoms with van der Waals surface area (Å²) in [5.41, 5.74) is 1.04. The van der Waals surface area contributed by atoms with Crippen LogP contribution in [0.4, 0.5) is 0 Å². The summed E-state index contributed by atoms with van der Waals surface area (Å²) in [6.45, 7) is 2.73. The van der Waals surface area contributed by atoms with Crippen LogP contribution in [0.3, 0.4) is 0 Å². The first kappa shape index (κ1) is 15.2. The van der Waals surface area contributed by atoms with Crippen molar-refractivity contribution in [3.63, 3.8) is 0 Å². The van der Waals surface area contributed by atoms with Crippen LogP contribution in [0.25, 0.3) is 0 Å². The highest BCUT2D eigenvalue weighted by Crippen LogP contribution is 2.21. The summed E-state index contributed by atoms with van der Waals surface area (Å²) >= 11 is 1.18. The Morgan fingerprint density at radius 3 is 2.90 bits per heavy atom. The number of aliphatic hydroxyl groups excluding tert-OH is 1. The van der Waals surface area contributed by atoms with Crippen LogP contribution in [0.5, 0.6) is 0 Å². The van der Waals surface area contributed by atoms with Gasteiger partial charge >= 0.3 is 0 Å². The van der Waals surface area contributed by atoms with Gasteiger partial charge in [-0.05, 0) is 24.6 Å². The van der Waals surface area contributed by atoms with E-state index < -0.39 is 10.0 Å². The molecule has 0 saturated carbocycles. The van der Waals surface area contributed by atoms with Gasteiger partial charge in [0.1, 0.15) is 4.21 Å². The van der Waals surface area contributed by atoms with Crippen molar-refractivity contribution >= 4 is 21.4 Å². The van der Waals surface area contributed by atoms with E-state index in [1.807, 2.05) is 13.1 Å². The molecule has 2 aromatic heterocycles. The molecule has 0 unspecified atom stereocenters. The van der Waals surface area contributed by atoms with E-state index in [1.165, 1.54) is 11.3 Å². The molecule has 0 fully saturated rings. The lowest BCUT2D eigenvalue weighted by atomic mass is 10.4. The molecule has 0 radical (unpaired) electrons. The van der Waals surface area contributed by atoms with Gasteiger partial charge in [-0.15, -0.1) is 11.3 Å². The van der Waals surface area contributed by atoms with Crippen LogP contribution in [0.1, 0.15) is 10.4 Å². The molecular weight excluding hydrogens is 298 g/mol. The topological polar surface area (TPSA) is 84.2 Å². The first-order chi connectivity index (χ1) is 9.51. The molecule has 0 atom stereocenters. The van der Waals surface area contributed by atoms with Gasteiger partial charge in [0.15, 0.2) is 0 Å². The molecule has 0 spiro atoms. The summed E-state index contributed by atoms with van der Waals surface area (Å²) in [7, 11) is -3.48. The molecule has 2 N–H and O–H groups in total. The summed E-state index contributed by atoms with van der Waals surface area (Å²) in [4.78, 5) is 0.857. The number of hydrogen-bond acceptors (Lipinski definition) is 5. The fourth-order valence-electron chi connectivity index (χ4n) is 1.70. The van der Waals surface area contributed by atoms with Crippen LogP contribution >= 0.6 is 11.3 Å². The number of aromatic nitrogens is 2. The maximum atomic E-state index is 12.1. The minimum atomic E-state index is -3.48. The van der Waals surface area contributed by atoms with Crippen molar-refractivity contribution in [1.82, 2.24) is 14.5 Å². The zero-order valence-corrected chi connectivity index (χ0v) is 12.7. The van der Waals surface area contributed by atoms with E-state index in [2.05, 4.69) is 9.82 Å². The Hall–Kier alpha value is -1.22. The molecule has 0 aliphatic heterocycles. The van der Waals surface area contributed by atoms with Crippen molar-refractivity contribution in [3.05, 3.63) is 35.0 Å². The molecule has 0 aliphatic rings. The van der Waals surface area contributed by atoms with E-state index in [-0.39, 0.29) is 17.4 Å². The van der Waals surface area contributed by atoms with E-state index >= 15 is 0 Å². The third kappa shape index (κ3) is 3.89. The molecule has 2 rings (SSSR count). The van der Waals surface area contributed by atoms with Crippen molar-refractivity contribution in [3.8, 4) is 0 Å². The molecule has 0 amide bonds. The third-order valence-electron chi connectivity index (χ3n) is 2.66. The van der Waals surface area contributed by atoms with Gasteiger partial charge in [0.05, 0.1) is 12.7 Å². The van der Waals surface area contributed by atoms with Gasteiger partial charge < -0.3 is 5.11 Å². The molecule has 0 aromatic carbocycles. The maximum Gasteiger partial charge on any atom is 0.250 e. The van der Waals surface area contributed by atoms with E-state index in [1.54, 1.807) is 23.0 Å². The van der Waals surface area contributed by atoms with Crippen LogP contribution in [0.15, 0.2) is 28.7 Å². The van der Waals surface area contributed by atoms with Crippen molar-refractivity contribution in [1.29, 1.82) is 0 Å². The number of nitrogens with one attached hydrogen (secondary N) is 1. The Balaban J connectivity index is 1.92. The van der Waals surface area contributed by atoms with Gasteiger partial charge in [0.25, 0.3) is 0 Å². The summed E-state index contributed by atoms with van der Waals surface area (Å²) < 4.78 is 28.6. The normalized spacial score (nSPS) is 11.9. The Labute approximate surface area is 122 Å². The molecule has 2 aromatic rings. The first-order valence-electron chi connectivity index (χ1n) is 6.19. The minimum Gasteiger partial charge on any atom is -0.396 e. The second-order valence-corrected chi connectivity index (χ2v) is 7.54. The number of aliphatic hydroxyl groups is 1. The Morgan fingerprint density at radius 1 is 1.45 bits per heavy atom. The number of rotatable bonds is 7. The molecule has 0 aliphatic carbocycles. The SMILES string of the molecule is Cc1cnn(CCNS(=O)(=O)c2ccc(CCO)s2)c1.